The zero-order valence-corrected chi connectivity index (χ0v) is 17.0. The molecule has 2 aliphatic rings. The Morgan fingerprint density at radius 1 is 1.20 bits per heavy atom. The van der Waals surface area contributed by atoms with Crippen molar-refractivity contribution in [3.63, 3.8) is 0 Å². The molecule has 2 amide bonds. The first-order valence-corrected chi connectivity index (χ1v) is 9.96. The Bertz CT molecular complexity index is 991. The minimum atomic E-state index is -0.163. The molecule has 0 spiro atoms. The highest BCUT2D eigenvalue weighted by Crippen LogP contribution is 2.37. The molecule has 0 unspecified atom stereocenters. The number of carbonyl (C=O) groups is 3. The molecule has 0 atom stereocenters. The van der Waals surface area contributed by atoms with Crippen LogP contribution in [0.1, 0.15) is 52.6 Å². The molecule has 4 rings (SSSR count). The zero-order valence-electron chi connectivity index (χ0n) is 17.0. The van der Waals surface area contributed by atoms with Crippen molar-refractivity contribution in [1.29, 1.82) is 0 Å². The summed E-state index contributed by atoms with van der Waals surface area (Å²) in [6, 6.07) is 3.23. The number of likely N-dealkylation sites (tertiary alicyclic amines) is 1. The van der Waals surface area contributed by atoms with Gasteiger partial charge >= 0.3 is 0 Å². The van der Waals surface area contributed by atoms with E-state index < -0.39 is 0 Å². The fraction of sp³-hybridized carbons (Fsp3) is 0.429. The van der Waals surface area contributed by atoms with Crippen molar-refractivity contribution in [1.82, 2.24) is 15.1 Å². The normalized spacial score (nSPS) is 15.9. The third-order valence-electron chi connectivity index (χ3n) is 5.58. The Kier molecular flexibility index (Phi) is 5.43. The summed E-state index contributed by atoms with van der Waals surface area (Å²) >= 11 is 0. The summed E-state index contributed by atoms with van der Waals surface area (Å²) in [7, 11) is 0. The number of hydrogen-bond acceptors (Lipinski definition) is 6. The molecule has 9 heteroatoms. The van der Waals surface area contributed by atoms with Crippen molar-refractivity contribution in [2.45, 2.75) is 33.1 Å². The van der Waals surface area contributed by atoms with Gasteiger partial charge in [0, 0.05) is 37.3 Å². The van der Waals surface area contributed by atoms with Crippen LogP contribution in [-0.4, -0.2) is 52.6 Å². The lowest BCUT2D eigenvalue weighted by Crippen LogP contribution is -2.39. The van der Waals surface area contributed by atoms with Gasteiger partial charge in [0.15, 0.2) is 23.0 Å². The minimum absolute atomic E-state index is 0.0805. The van der Waals surface area contributed by atoms with Crippen LogP contribution in [0.15, 0.2) is 18.3 Å². The van der Waals surface area contributed by atoms with Gasteiger partial charge in [-0.3, -0.25) is 19.5 Å². The number of carbonyl (C=O) groups excluding carboxylic acids is 3. The molecular weight excluding hydrogens is 388 g/mol. The van der Waals surface area contributed by atoms with Gasteiger partial charge in [-0.05, 0) is 44.2 Å². The van der Waals surface area contributed by atoms with E-state index >= 15 is 0 Å². The van der Waals surface area contributed by atoms with Gasteiger partial charge in [0.25, 0.3) is 5.91 Å². The van der Waals surface area contributed by atoms with E-state index in [0.29, 0.717) is 48.0 Å². The topological polar surface area (TPSA) is 114 Å². The van der Waals surface area contributed by atoms with Gasteiger partial charge in [0.05, 0.1) is 5.69 Å². The highest BCUT2D eigenvalue weighted by atomic mass is 16.7. The van der Waals surface area contributed by atoms with E-state index in [9.17, 15) is 14.4 Å². The van der Waals surface area contributed by atoms with E-state index in [1.165, 1.54) is 6.92 Å². The molecule has 30 heavy (non-hydrogen) atoms. The second-order valence-electron chi connectivity index (χ2n) is 7.71. The second-order valence-corrected chi connectivity index (χ2v) is 7.71. The lowest BCUT2D eigenvalue weighted by atomic mass is 9.93. The van der Waals surface area contributed by atoms with E-state index in [0.717, 1.165) is 18.4 Å². The van der Waals surface area contributed by atoms with Gasteiger partial charge in [-0.25, -0.2) is 0 Å². The number of Topliss-reactive ketones (excluding diaryl/α,β-unsaturated/α-hetero) is 1. The molecule has 2 aliphatic heterocycles. The first kappa shape index (κ1) is 19.9. The molecule has 1 aromatic carbocycles. The van der Waals surface area contributed by atoms with Crippen LogP contribution in [0.25, 0.3) is 0 Å². The minimum Gasteiger partial charge on any atom is -0.454 e. The summed E-state index contributed by atoms with van der Waals surface area (Å²) < 4.78 is 10.7. The summed E-state index contributed by atoms with van der Waals surface area (Å²) in [4.78, 5) is 38.9. The number of ether oxygens (including phenoxy) is 2. The van der Waals surface area contributed by atoms with Gasteiger partial charge in [-0.2, -0.15) is 5.10 Å². The van der Waals surface area contributed by atoms with Crippen LogP contribution >= 0.6 is 0 Å². The standard InChI is InChI=1S/C21H24N4O5/c1-12-10-22-24-20(12)21(28)25-5-3-14(4-6-25)7-19(27)23-16-9-18-17(29-11-30-18)8-15(16)13(2)26/h8-10,14H,3-7,11H2,1-2H3,(H,22,24)(H,23,27). The third-order valence-corrected chi connectivity index (χ3v) is 5.58. The SMILES string of the molecule is CC(=O)c1cc2c(cc1NC(=O)CC1CCN(C(=O)c3n[nH]cc3C)CC1)OCO2. The van der Waals surface area contributed by atoms with Gasteiger partial charge in [0.1, 0.15) is 0 Å². The molecule has 1 aromatic heterocycles. The smallest absolute Gasteiger partial charge is 0.274 e. The first-order chi connectivity index (χ1) is 14.4. The van der Waals surface area contributed by atoms with E-state index in [2.05, 4.69) is 15.5 Å². The number of fused-ring (bicyclic) bond motifs is 1. The number of amides is 2. The van der Waals surface area contributed by atoms with E-state index in [-0.39, 0.29) is 30.3 Å². The number of anilines is 1. The highest BCUT2D eigenvalue weighted by Gasteiger charge is 2.27. The lowest BCUT2D eigenvalue weighted by Gasteiger charge is -2.31. The number of H-pyrrole nitrogens is 1. The molecule has 158 valence electrons. The van der Waals surface area contributed by atoms with Crippen LogP contribution in [0.2, 0.25) is 0 Å². The Balaban J connectivity index is 1.34. The fourth-order valence-electron chi connectivity index (χ4n) is 3.86. The van der Waals surface area contributed by atoms with Crippen LogP contribution in [0, 0.1) is 12.8 Å². The van der Waals surface area contributed by atoms with Gasteiger partial charge < -0.3 is 19.7 Å². The van der Waals surface area contributed by atoms with Crippen molar-refractivity contribution < 1.29 is 23.9 Å². The monoisotopic (exact) mass is 412 g/mol. The Labute approximate surface area is 173 Å². The predicted octanol–water partition coefficient (Wildman–Crippen LogP) is 2.53. The number of hydrogen-bond donors (Lipinski definition) is 2. The van der Waals surface area contributed by atoms with Crippen molar-refractivity contribution in [3.8, 4) is 11.5 Å². The maximum Gasteiger partial charge on any atom is 0.274 e. The Morgan fingerprint density at radius 2 is 1.90 bits per heavy atom. The summed E-state index contributed by atoms with van der Waals surface area (Å²) in [5.74, 6) is 0.777. The average molecular weight is 412 g/mol. The van der Waals surface area contributed by atoms with E-state index in [4.69, 9.17) is 9.47 Å². The maximum absolute atomic E-state index is 12.6. The van der Waals surface area contributed by atoms with Crippen molar-refractivity contribution in [2.24, 2.45) is 5.92 Å². The molecule has 0 saturated carbocycles. The molecule has 1 saturated heterocycles. The number of rotatable bonds is 5. The Morgan fingerprint density at radius 3 is 2.53 bits per heavy atom. The third kappa shape index (κ3) is 4.00. The molecule has 2 aromatic rings. The van der Waals surface area contributed by atoms with Crippen LogP contribution in [0.5, 0.6) is 11.5 Å². The quantitative estimate of drug-likeness (QED) is 0.730. The highest BCUT2D eigenvalue weighted by molar-refractivity contribution is 6.04. The zero-order chi connectivity index (χ0) is 21.3. The van der Waals surface area contributed by atoms with Gasteiger partial charge in [-0.1, -0.05) is 0 Å². The number of nitrogens with zero attached hydrogens (tertiary/aromatic N) is 2. The molecule has 2 N–H and O–H groups in total. The number of piperidine rings is 1. The molecule has 0 bridgehead atoms. The Hall–Kier alpha value is -3.36. The maximum atomic E-state index is 12.6. The molecule has 0 aliphatic carbocycles. The van der Waals surface area contributed by atoms with Crippen molar-refractivity contribution in [3.05, 3.63) is 35.2 Å². The average Bonchev–Trinajstić information content (AvgIpc) is 3.35. The number of nitrogens with one attached hydrogen (secondary N) is 2. The summed E-state index contributed by atoms with van der Waals surface area (Å²) in [5, 5.41) is 9.58. The molecular formula is C21H24N4O5. The van der Waals surface area contributed by atoms with Gasteiger partial charge in [-0.15, -0.1) is 0 Å². The largest absolute Gasteiger partial charge is 0.454 e. The number of benzene rings is 1. The van der Waals surface area contributed by atoms with Crippen LogP contribution in [0.3, 0.4) is 0 Å². The summed E-state index contributed by atoms with van der Waals surface area (Å²) in [6.07, 6.45) is 3.51. The van der Waals surface area contributed by atoms with Crippen molar-refractivity contribution in [2.75, 3.05) is 25.2 Å². The molecule has 3 heterocycles. The molecule has 1 fully saturated rings. The molecule has 9 nitrogen and oxygen atoms in total. The van der Waals surface area contributed by atoms with Gasteiger partial charge in [0.2, 0.25) is 12.7 Å². The van der Waals surface area contributed by atoms with E-state index in [1.54, 1.807) is 23.2 Å². The van der Waals surface area contributed by atoms with Crippen LogP contribution < -0.4 is 14.8 Å². The number of ketones is 1. The first-order valence-electron chi connectivity index (χ1n) is 9.96. The van der Waals surface area contributed by atoms with E-state index in [1.807, 2.05) is 6.92 Å². The second kappa shape index (κ2) is 8.17. The van der Waals surface area contributed by atoms with Crippen molar-refractivity contribution >= 4 is 23.3 Å². The lowest BCUT2D eigenvalue weighted by molar-refractivity contribution is -0.117. The number of aromatic nitrogens is 2. The number of aryl methyl sites for hydroxylation is 1. The van der Waals surface area contributed by atoms with Crippen LogP contribution in [-0.2, 0) is 4.79 Å². The summed E-state index contributed by atoms with van der Waals surface area (Å²) in [5.41, 5.74) is 2.10. The van der Waals surface area contributed by atoms with Crippen LogP contribution in [0.4, 0.5) is 5.69 Å². The fourth-order valence-corrected chi connectivity index (χ4v) is 3.86. The predicted molar refractivity (Wildman–Crippen MR) is 108 cm³/mol. The number of aromatic amines is 1. The summed E-state index contributed by atoms with van der Waals surface area (Å²) in [6.45, 7) is 4.57. The molecule has 0 radical (unpaired) electrons.